The highest BCUT2D eigenvalue weighted by Crippen LogP contribution is 2.24. The van der Waals surface area contributed by atoms with Crippen LogP contribution < -0.4 is 5.32 Å². The summed E-state index contributed by atoms with van der Waals surface area (Å²) in [5.41, 5.74) is 1.11. The van der Waals surface area contributed by atoms with E-state index < -0.39 is 0 Å². The molecule has 2 rings (SSSR count). The molecule has 0 saturated heterocycles. The summed E-state index contributed by atoms with van der Waals surface area (Å²) in [6.45, 7) is 3.83. The van der Waals surface area contributed by atoms with E-state index in [0.29, 0.717) is 0 Å². The minimum Gasteiger partial charge on any atom is -0.311 e. The zero-order valence-electron chi connectivity index (χ0n) is 8.90. The van der Waals surface area contributed by atoms with Crippen molar-refractivity contribution in [2.45, 2.75) is 13.5 Å². The van der Waals surface area contributed by atoms with Crippen LogP contribution in [0.25, 0.3) is 10.6 Å². The molecule has 1 heterocycles. The number of rotatable bonds is 4. The highest BCUT2D eigenvalue weighted by molar-refractivity contribution is 9.10. The molecule has 0 spiro atoms. The predicted octanol–water partition coefficient (Wildman–Crippen LogP) is 3.08. The summed E-state index contributed by atoms with van der Waals surface area (Å²) in [6.07, 6.45) is 0. The van der Waals surface area contributed by atoms with Crippen LogP contribution in [0.3, 0.4) is 0 Å². The van der Waals surface area contributed by atoms with Gasteiger partial charge in [-0.15, -0.1) is 10.2 Å². The Morgan fingerprint density at radius 1 is 1.25 bits per heavy atom. The quantitative estimate of drug-likeness (QED) is 0.942. The van der Waals surface area contributed by atoms with Crippen LogP contribution in [-0.4, -0.2) is 16.7 Å². The number of aromatic nitrogens is 2. The highest BCUT2D eigenvalue weighted by atomic mass is 79.9. The van der Waals surface area contributed by atoms with Crippen LogP contribution in [0.4, 0.5) is 0 Å². The molecule has 5 heteroatoms. The number of benzene rings is 1. The lowest BCUT2D eigenvalue weighted by molar-refractivity contribution is 0.715. The van der Waals surface area contributed by atoms with Gasteiger partial charge >= 0.3 is 0 Å². The van der Waals surface area contributed by atoms with E-state index >= 15 is 0 Å². The molecular weight excluding hydrogens is 286 g/mol. The van der Waals surface area contributed by atoms with Crippen molar-refractivity contribution in [1.29, 1.82) is 0 Å². The van der Waals surface area contributed by atoms with E-state index in [1.165, 1.54) is 0 Å². The Bertz CT molecular complexity index is 453. The van der Waals surface area contributed by atoms with Crippen LogP contribution in [0, 0.1) is 0 Å². The largest absolute Gasteiger partial charge is 0.311 e. The van der Waals surface area contributed by atoms with E-state index in [1.54, 1.807) is 11.3 Å². The summed E-state index contributed by atoms with van der Waals surface area (Å²) in [4.78, 5) is 0. The topological polar surface area (TPSA) is 37.8 Å². The Hall–Kier alpha value is -0.780. The van der Waals surface area contributed by atoms with Gasteiger partial charge in [0.2, 0.25) is 0 Å². The van der Waals surface area contributed by atoms with Gasteiger partial charge in [0.1, 0.15) is 10.0 Å². The second-order valence-electron chi connectivity index (χ2n) is 3.29. The lowest BCUT2D eigenvalue weighted by Gasteiger charge is -1.95. The first-order valence-corrected chi connectivity index (χ1v) is 6.69. The van der Waals surface area contributed by atoms with Gasteiger partial charge in [-0.2, -0.15) is 0 Å². The predicted molar refractivity (Wildman–Crippen MR) is 70.4 cm³/mol. The van der Waals surface area contributed by atoms with Gasteiger partial charge in [0.25, 0.3) is 0 Å². The lowest BCUT2D eigenvalue weighted by Crippen LogP contribution is -2.11. The Morgan fingerprint density at radius 3 is 2.69 bits per heavy atom. The second kappa shape index (κ2) is 5.52. The monoisotopic (exact) mass is 297 g/mol. The molecule has 0 bridgehead atoms. The Kier molecular flexibility index (Phi) is 4.04. The van der Waals surface area contributed by atoms with E-state index in [2.05, 4.69) is 38.4 Å². The van der Waals surface area contributed by atoms with Crippen molar-refractivity contribution in [3.8, 4) is 10.6 Å². The third-order valence-electron chi connectivity index (χ3n) is 2.08. The lowest BCUT2D eigenvalue weighted by atomic mass is 10.2. The van der Waals surface area contributed by atoms with Gasteiger partial charge in [-0.3, -0.25) is 0 Å². The van der Waals surface area contributed by atoms with Crippen molar-refractivity contribution >= 4 is 27.3 Å². The zero-order valence-corrected chi connectivity index (χ0v) is 11.3. The fourth-order valence-corrected chi connectivity index (χ4v) is 2.35. The summed E-state index contributed by atoms with van der Waals surface area (Å²) in [5, 5.41) is 13.6. The molecule has 0 radical (unpaired) electrons. The third kappa shape index (κ3) is 2.87. The Balaban J connectivity index is 2.15. The third-order valence-corrected chi connectivity index (χ3v) is 3.59. The van der Waals surface area contributed by atoms with Crippen LogP contribution in [-0.2, 0) is 6.54 Å². The number of nitrogens with one attached hydrogen (secondary N) is 1. The molecular formula is C11H12BrN3S. The number of halogens is 1. The standard InChI is InChI=1S/C11H12BrN3S/c1-2-13-7-10-14-15-11(16-10)8-3-5-9(12)6-4-8/h3-6,13H,2,7H2,1H3. The minimum absolute atomic E-state index is 0.796. The van der Waals surface area contributed by atoms with Crippen LogP contribution in [0.1, 0.15) is 11.9 Å². The first kappa shape index (κ1) is 11.7. The summed E-state index contributed by atoms with van der Waals surface area (Å²) in [6, 6.07) is 8.12. The van der Waals surface area contributed by atoms with Crippen LogP contribution in [0.15, 0.2) is 28.7 Å². The number of nitrogens with zero attached hydrogens (tertiary/aromatic N) is 2. The Labute approximate surface area is 107 Å². The van der Waals surface area contributed by atoms with Crippen molar-refractivity contribution in [1.82, 2.24) is 15.5 Å². The van der Waals surface area contributed by atoms with Crippen molar-refractivity contribution < 1.29 is 0 Å². The van der Waals surface area contributed by atoms with Gasteiger partial charge in [-0.05, 0) is 18.7 Å². The maximum absolute atomic E-state index is 4.18. The van der Waals surface area contributed by atoms with E-state index in [9.17, 15) is 0 Å². The van der Waals surface area contributed by atoms with Crippen molar-refractivity contribution in [2.24, 2.45) is 0 Å². The van der Waals surface area contributed by atoms with E-state index in [-0.39, 0.29) is 0 Å². The molecule has 3 nitrogen and oxygen atoms in total. The molecule has 2 aromatic rings. The van der Waals surface area contributed by atoms with Crippen molar-refractivity contribution in [3.05, 3.63) is 33.7 Å². The average molecular weight is 298 g/mol. The fraction of sp³-hybridized carbons (Fsp3) is 0.273. The van der Waals surface area contributed by atoms with E-state index in [1.807, 2.05) is 24.3 Å². The molecule has 0 aliphatic rings. The molecule has 0 amide bonds. The minimum atomic E-state index is 0.796. The molecule has 1 N–H and O–H groups in total. The first-order chi connectivity index (χ1) is 7.79. The molecule has 0 unspecified atom stereocenters. The molecule has 0 fully saturated rings. The van der Waals surface area contributed by atoms with Gasteiger partial charge in [0.05, 0.1) is 0 Å². The summed E-state index contributed by atoms with van der Waals surface area (Å²) < 4.78 is 1.08. The molecule has 0 aliphatic carbocycles. The Morgan fingerprint density at radius 2 is 2.00 bits per heavy atom. The van der Waals surface area contributed by atoms with Crippen LogP contribution in [0.2, 0.25) is 0 Å². The molecule has 1 aromatic carbocycles. The van der Waals surface area contributed by atoms with Crippen LogP contribution >= 0.6 is 27.3 Å². The zero-order chi connectivity index (χ0) is 11.4. The van der Waals surface area contributed by atoms with E-state index in [4.69, 9.17) is 0 Å². The molecule has 0 aliphatic heterocycles. The van der Waals surface area contributed by atoms with Gasteiger partial charge in [-0.1, -0.05) is 46.3 Å². The molecule has 16 heavy (non-hydrogen) atoms. The fourth-order valence-electron chi connectivity index (χ4n) is 1.27. The molecule has 1 aromatic heterocycles. The normalized spacial score (nSPS) is 10.6. The van der Waals surface area contributed by atoms with Crippen molar-refractivity contribution in [3.63, 3.8) is 0 Å². The first-order valence-electron chi connectivity index (χ1n) is 5.08. The summed E-state index contributed by atoms with van der Waals surface area (Å²) in [5.74, 6) is 0. The second-order valence-corrected chi connectivity index (χ2v) is 5.27. The highest BCUT2D eigenvalue weighted by Gasteiger charge is 2.05. The van der Waals surface area contributed by atoms with Gasteiger partial charge in [0, 0.05) is 16.6 Å². The maximum Gasteiger partial charge on any atom is 0.147 e. The molecule has 0 atom stereocenters. The van der Waals surface area contributed by atoms with Crippen molar-refractivity contribution in [2.75, 3.05) is 6.54 Å². The van der Waals surface area contributed by atoms with E-state index in [0.717, 1.165) is 33.1 Å². The SMILES string of the molecule is CCNCc1nnc(-c2ccc(Br)cc2)s1. The van der Waals surface area contributed by atoms with Gasteiger partial charge in [-0.25, -0.2) is 0 Å². The number of hydrogen-bond acceptors (Lipinski definition) is 4. The smallest absolute Gasteiger partial charge is 0.147 e. The molecule has 0 saturated carbocycles. The summed E-state index contributed by atoms with van der Waals surface area (Å²) in [7, 11) is 0. The number of hydrogen-bond donors (Lipinski definition) is 1. The van der Waals surface area contributed by atoms with Gasteiger partial charge in [0.15, 0.2) is 0 Å². The maximum atomic E-state index is 4.18. The molecule has 84 valence electrons. The van der Waals surface area contributed by atoms with Crippen LogP contribution in [0.5, 0.6) is 0 Å². The average Bonchev–Trinajstić information content (AvgIpc) is 2.76. The summed E-state index contributed by atoms with van der Waals surface area (Å²) >= 11 is 5.05. The van der Waals surface area contributed by atoms with Gasteiger partial charge < -0.3 is 5.32 Å².